The molecule has 0 aliphatic carbocycles. The molecule has 4 rings (SSSR count). The Balaban J connectivity index is 1.54. The van der Waals surface area contributed by atoms with Crippen LogP contribution in [-0.2, 0) is 4.79 Å². The van der Waals surface area contributed by atoms with Crippen molar-refractivity contribution < 1.29 is 22.8 Å². The van der Waals surface area contributed by atoms with Crippen LogP contribution in [0.4, 0.5) is 18.3 Å². The predicted octanol–water partition coefficient (Wildman–Crippen LogP) is 3.96. The first-order valence-electron chi connectivity index (χ1n) is 8.56. The Morgan fingerprint density at radius 3 is 2.57 bits per heavy atom. The summed E-state index contributed by atoms with van der Waals surface area (Å²) in [7, 11) is 0. The molecule has 5 nitrogen and oxygen atoms in total. The van der Waals surface area contributed by atoms with Crippen LogP contribution in [0.2, 0.25) is 0 Å². The molecular weight excluding hydrogens is 391 g/mol. The number of halogens is 3. The number of nitrogens with one attached hydrogen (secondary N) is 1. The molecule has 1 unspecified atom stereocenters. The van der Waals surface area contributed by atoms with Gasteiger partial charge in [-0.1, -0.05) is 23.5 Å². The number of anilines is 1. The molecule has 2 heterocycles. The molecule has 144 valence electrons. The minimum absolute atomic E-state index is 0.261. The van der Waals surface area contributed by atoms with Crippen LogP contribution in [0.3, 0.4) is 0 Å². The lowest BCUT2D eigenvalue weighted by atomic mass is 10.1. The van der Waals surface area contributed by atoms with Crippen molar-refractivity contribution in [3.05, 3.63) is 59.4 Å². The fraction of sp³-hybridized carbons (Fsp3) is 0.211. The molecule has 1 fully saturated rings. The zero-order chi connectivity index (χ0) is 19.8. The zero-order valence-corrected chi connectivity index (χ0v) is 15.2. The van der Waals surface area contributed by atoms with Crippen LogP contribution in [0.1, 0.15) is 23.2 Å². The Labute approximate surface area is 161 Å². The molecule has 0 spiro atoms. The number of hydrogen-bond donors (Lipinski definition) is 1. The van der Waals surface area contributed by atoms with Gasteiger partial charge in [0.2, 0.25) is 5.91 Å². The van der Waals surface area contributed by atoms with Gasteiger partial charge in [0.1, 0.15) is 6.04 Å². The fourth-order valence-electron chi connectivity index (χ4n) is 3.24. The van der Waals surface area contributed by atoms with E-state index in [9.17, 15) is 22.8 Å². The van der Waals surface area contributed by atoms with Gasteiger partial charge in [0, 0.05) is 12.1 Å². The lowest BCUT2D eigenvalue weighted by Crippen LogP contribution is -2.43. The topological polar surface area (TPSA) is 62.3 Å². The minimum Gasteiger partial charge on any atom is -0.327 e. The van der Waals surface area contributed by atoms with Gasteiger partial charge >= 0.3 is 0 Å². The van der Waals surface area contributed by atoms with Gasteiger partial charge in [0.05, 0.1) is 10.2 Å². The Morgan fingerprint density at radius 2 is 1.86 bits per heavy atom. The molecule has 1 aromatic heterocycles. The van der Waals surface area contributed by atoms with E-state index < -0.39 is 35.3 Å². The number of amides is 2. The predicted molar refractivity (Wildman–Crippen MR) is 98.6 cm³/mol. The molecule has 1 aliphatic rings. The second kappa shape index (κ2) is 7.23. The van der Waals surface area contributed by atoms with E-state index in [4.69, 9.17) is 0 Å². The Hall–Kier alpha value is -2.94. The summed E-state index contributed by atoms with van der Waals surface area (Å²) in [4.78, 5) is 30.9. The van der Waals surface area contributed by atoms with Gasteiger partial charge < -0.3 is 10.2 Å². The highest BCUT2D eigenvalue weighted by Crippen LogP contribution is 2.27. The maximum absolute atomic E-state index is 13.5. The van der Waals surface area contributed by atoms with Crippen LogP contribution in [0, 0.1) is 17.5 Å². The number of rotatable bonds is 3. The zero-order valence-electron chi connectivity index (χ0n) is 14.4. The Bertz CT molecular complexity index is 1030. The van der Waals surface area contributed by atoms with Crippen molar-refractivity contribution in [2.75, 3.05) is 11.9 Å². The minimum atomic E-state index is -1.64. The average molecular weight is 405 g/mol. The van der Waals surface area contributed by atoms with Gasteiger partial charge in [0.15, 0.2) is 22.6 Å². The first kappa shape index (κ1) is 18.4. The first-order chi connectivity index (χ1) is 13.4. The molecule has 1 atom stereocenters. The van der Waals surface area contributed by atoms with E-state index in [2.05, 4.69) is 10.3 Å². The van der Waals surface area contributed by atoms with E-state index in [-0.39, 0.29) is 12.1 Å². The second-order valence-electron chi connectivity index (χ2n) is 6.39. The van der Waals surface area contributed by atoms with Crippen molar-refractivity contribution in [2.45, 2.75) is 18.9 Å². The van der Waals surface area contributed by atoms with Gasteiger partial charge in [-0.15, -0.1) is 0 Å². The SMILES string of the molecule is O=C(Nc1nc2ccccc2s1)C1CCCN1C(=O)c1cc(F)c(F)c(F)c1. The summed E-state index contributed by atoms with van der Waals surface area (Å²) >= 11 is 1.31. The number of thiazole rings is 1. The number of hydrogen-bond acceptors (Lipinski definition) is 4. The average Bonchev–Trinajstić information content (AvgIpc) is 3.31. The van der Waals surface area contributed by atoms with Gasteiger partial charge in [-0.05, 0) is 37.1 Å². The molecule has 0 bridgehead atoms. The standard InChI is InChI=1S/C19H14F3N3O2S/c20-11-8-10(9-12(21)16(11)22)18(27)25-7-3-5-14(25)17(26)24-19-23-13-4-1-2-6-15(13)28-19/h1-2,4,6,8-9,14H,3,5,7H2,(H,23,24,26). The molecular formula is C19H14F3N3O2S. The van der Waals surface area contributed by atoms with Gasteiger partial charge in [0.25, 0.3) is 5.91 Å². The normalized spacial score (nSPS) is 16.5. The lowest BCUT2D eigenvalue weighted by molar-refractivity contribution is -0.119. The van der Waals surface area contributed by atoms with E-state index in [1.807, 2.05) is 24.3 Å². The van der Waals surface area contributed by atoms with Crippen molar-refractivity contribution in [2.24, 2.45) is 0 Å². The molecule has 1 aliphatic heterocycles. The molecule has 2 amide bonds. The second-order valence-corrected chi connectivity index (χ2v) is 7.42. The summed E-state index contributed by atoms with van der Waals surface area (Å²) in [6.45, 7) is 0.261. The van der Waals surface area contributed by atoms with E-state index >= 15 is 0 Å². The van der Waals surface area contributed by atoms with E-state index in [0.717, 1.165) is 10.2 Å². The van der Waals surface area contributed by atoms with E-state index in [0.29, 0.717) is 30.1 Å². The van der Waals surface area contributed by atoms with Crippen molar-refractivity contribution in [3.8, 4) is 0 Å². The number of para-hydroxylation sites is 1. The smallest absolute Gasteiger partial charge is 0.254 e. The molecule has 1 N–H and O–H groups in total. The molecule has 28 heavy (non-hydrogen) atoms. The molecule has 9 heteroatoms. The largest absolute Gasteiger partial charge is 0.327 e. The molecule has 3 aromatic rings. The first-order valence-corrected chi connectivity index (χ1v) is 9.37. The number of likely N-dealkylation sites (tertiary alicyclic amines) is 1. The number of nitrogens with zero attached hydrogens (tertiary/aromatic N) is 2. The Kier molecular flexibility index (Phi) is 4.76. The van der Waals surface area contributed by atoms with Gasteiger partial charge in [-0.2, -0.15) is 0 Å². The van der Waals surface area contributed by atoms with E-state index in [1.54, 1.807) is 0 Å². The van der Waals surface area contributed by atoms with Crippen molar-refractivity contribution in [3.63, 3.8) is 0 Å². The van der Waals surface area contributed by atoms with Crippen LogP contribution in [-0.4, -0.2) is 34.3 Å². The number of aromatic nitrogens is 1. The monoisotopic (exact) mass is 405 g/mol. The summed E-state index contributed by atoms with van der Waals surface area (Å²) in [6, 6.07) is 7.89. The highest BCUT2D eigenvalue weighted by atomic mass is 32.1. The summed E-state index contributed by atoms with van der Waals surface area (Å²) in [5.41, 5.74) is 0.413. The van der Waals surface area contributed by atoms with Crippen LogP contribution in [0.15, 0.2) is 36.4 Å². The number of benzene rings is 2. The highest BCUT2D eigenvalue weighted by molar-refractivity contribution is 7.22. The van der Waals surface area contributed by atoms with Crippen molar-refractivity contribution in [1.29, 1.82) is 0 Å². The van der Waals surface area contributed by atoms with Crippen molar-refractivity contribution in [1.82, 2.24) is 9.88 Å². The van der Waals surface area contributed by atoms with Gasteiger partial charge in [-0.25, -0.2) is 18.2 Å². The third kappa shape index (κ3) is 3.33. The Morgan fingerprint density at radius 1 is 1.14 bits per heavy atom. The van der Waals surface area contributed by atoms with Crippen LogP contribution in [0.5, 0.6) is 0 Å². The highest BCUT2D eigenvalue weighted by Gasteiger charge is 2.35. The molecule has 1 saturated heterocycles. The van der Waals surface area contributed by atoms with Gasteiger partial charge in [-0.3, -0.25) is 9.59 Å². The molecule has 2 aromatic carbocycles. The van der Waals surface area contributed by atoms with Crippen LogP contribution >= 0.6 is 11.3 Å². The number of carbonyl (C=O) groups is 2. The summed E-state index contributed by atoms with van der Waals surface area (Å²) < 4.78 is 41.0. The third-order valence-corrected chi connectivity index (χ3v) is 5.52. The van der Waals surface area contributed by atoms with E-state index in [1.165, 1.54) is 16.2 Å². The fourth-order valence-corrected chi connectivity index (χ4v) is 4.11. The lowest BCUT2D eigenvalue weighted by Gasteiger charge is -2.23. The van der Waals surface area contributed by atoms with Crippen LogP contribution in [0.25, 0.3) is 10.2 Å². The summed E-state index contributed by atoms with van der Waals surface area (Å²) in [5.74, 6) is -5.67. The number of fused-ring (bicyclic) bond motifs is 1. The molecule has 0 radical (unpaired) electrons. The summed E-state index contributed by atoms with van der Waals surface area (Å²) in [5, 5.41) is 3.11. The van der Waals surface area contributed by atoms with Crippen LogP contribution < -0.4 is 5.32 Å². The third-order valence-electron chi connectivity index (χ3n) is 4.57. The summed E-state index contributed by atoms with van der Waals surface area (Å²) in [6.07, 6.45) is 0.977. The van der Waals surface area contributed by atoms with Crippen molar-refractivity contribution >= 4 is 38.5 Å². The quantitative estimate of drug-likeness (QED) is 0.671. The maximum Gasteiger partial charge on any atom is 0.254 e. The maximum atomic E-state index is 13.5. The molecule has 0 saturated carbocycles. The number of carbonyl (C=O) groups excluding carboxylic acids is 2.